The molecule has 1 aromatic heterocycles. The maximum atomic E-state index is 11.4. The average Bonchev–Trinajstić information content (AvgIpc) is 2.86. The molecule has 2 aromatic rings. The second kappa shape index (κ2) is 6.72. The molecule has 0 amide bonds. The van der Waals surface area contributed by atoms with Crippen LogP contribution in [0.5, 0.6) is 5.75 Å². The fourth-order valence-corrected chi connectivity index (χ4v) is 2.84. The third-order valence-corrected chi connectivity index (χ3v) is 3.83. The molecule has 0 saturated heterocycles. The number of nitrogens with zero attached hydrogens (tertiary/aromatic N) is 1. The maximum Gasteiger partial charge on any atom is 0.311 e. The van der Waals surface area contributed by atoms with Gasteiger partial charge < -0.3 is 9.47 Å². The molecule has 0 aliphatic heterocycles. The Kier molecular flexibility index (Phi) is 4.98. The number of hydrogen-bond donors (Lipinski definition) is 0. The van der Waals surface area contributed by atoms with Crippen molar-refractivity contribution < 1.29 is 14.3 Å². The maximum absolute atomic E-state index is 11.4. The number of hydrogen-bond acceptors (Lipinski definition) is 5. The molecule has 0 spiro atoms. The van der Waals surface area contributed by atoms with E-state index in [0.29, 0.717) is 23.1 Å². The molecule has 0 aliphatic carbocycles. The van der Waals surface area contributed by atoms with Crippen molar-refractivity contribution in [2.24, 2.45) is 0 Å². The summed E-state index contributed by atoms with van der Waals surface area (Å²) in [6.07, 6.45) is 0.179. The molecule has 0 aliphatic rings. The van der Waals surface area contributed by atoms with Gasteiger partial charge in [0, 0.05) is 10.9 Å². The third kappa shape index (κ3) is 3.49. The predicted molar refractivity (Wildman–Crippen MR) is 79.4 cm³/mol. The number of halogens is 1. The van der Waals surface area contributed by atoms with E-state index < -0.39 is 0 Å². The Morgan fingerprint density at radius 1 is 1.45 bits per heavy atom. The van der Waals surface area contributed by atoms with Gasteiger partial charge in [0.2, 0.25) is 0 Å². The molecule has 0 radical (unpaired) electrons. The van der Waals surface area contributed by atoms with Gasteiger partial charge in [0.1, 0.15) is 10.8 Å². The summed E-state index contributed by atoms with van der Waals surface area (Å²) in [5.41, 5.74) is 1.52. The van der Waals surface area contributed by atoms with E-state index in [9.17, 15) is 4.79 Å². The lowest BCUT2D eigenvalue weighted by Gasteiger charge is -2.03. The minimum atomic E-state index is -0.273. The average molecular weight is 312 g/mol. The third-order valence-electron chi connectivity index (χ3n) is 2.59. The van der Waals surface area contributed by atoms with Crippen molar-refractivity contribution in [1.82, 2.24) is 4.98 Å². The summed E-state index contributed by atoms with van der Waals surface area (Å²) >= 11 is 7.65. The predicted octanol–water partition coefficient (Wildman–Crippen LogP) is 3.58. The van der Waals surface area contributed by atoms with E-state index in [4.69, 9.17) is 21.1 Å². The van der Waals surface area contributed by atoms with E-state index in [1.54, 1.807) is 20.1 Å². The zero-order valence-electron chi connectivity index (χ0n) is 11.2. The molecule has 0 atom stereocenters. The Bertz CT molecular complexity index is 612. The first kappa shape index (κ1) is 14.8. The second-order valence-corrected chi connectivity index (χ2v) is 5.24. The van der Waals surface area contributed by atoms with Gasteiger partial charge in [-0.05, 0) is 25.1 Å². The number of thiazole rings is 1. The highest BCUT2D eigenvalue weighted by molar-refractivity contribution is 7.13. The summed E-state index contributed by atoms with van der Waals surface area (Å²) in [5.74, 6) is 0.423. The van der Waals surface area contributed by atoms with Gasteiger partial charge in [0.05, 0.1) is 30.9 Å². The van der Waals surface area contributed by atoms with Gasteiger partial charge in [0.25, 0.3) is 0 Å². The number of aromatic nitrogens is 1. The summed E-state index contributed by atoms with van der Waals surface area (Å²) in [5, 5.41) is 3.19. The van der Waals surface area contributed by atoms with Crippen molar-refractivity contribution in [3.8, 4) is 16.3 Å². The van der Waals surface area contributed by atoms with E-state index in [2.05, 4.69) is 4.98 Å². The topological polar surface area (TPSA) is 48.4 Å². The summed E-state index contributed by atoms with van der Waals surface area (Å²) in [6, 6.07) is 5.42. The molecule has 0 bridgehead atoms. The highest BCUT2D eigenvalue weighted by atomic mass is 35.5. The van der Waals surface area contributed by atoms with Crippen LogP contribution in [0.4, 0.5) is 0 Å². The first-order valence-electron chi connectivity index (χ1n) is 6.08. The lowest BCUT2D eigenvalue weighted by Crippen LogP contribution is -2.07. The minimum absolute atomic E-state index is 0.179. The number of rotatable bonds is 5. The van der Waals surface area contributed by atoms with Crippen molar-refractivity contribution in [2.45, 2.75) is 13.3 Å². The van der Waals surface area contributed by atoms with Gasteiger partial charge in [-0.15, -0.1) is 11.3 Å². The smallest absolute Gasteiger partial charge is 0.311 e. The molecule has 20 heavy (non-hydrogen) atoms. The monoisotopic (exact) mass is 311 g/mol. The van der Waals surface area contributed by atoms with Crippen LogP contribution < -0.4 is 4.74 Å². The van der Waals surface area contributed by atoms with Gasteiger partial charge in [0.15, 0.2) is 0 Å². The van der Waals surface area contributed by atoms with Crippen LogP contribution in [-0.2, 0) is 16.0 Å². The summed E-state index contributed by atoms with van der Waals surface area (Å²) in [7, 11) is 1.59. The van der Waals surface area contributed by atoms with Gasteiger partial charge in [-0.3, -0.25) is 4.79 Å². The second-order valence-electron chi connectivity index (χ2n) is 3.97. The van der Waals surface area contributed by atoms with E-state index in [1.165, 1.54) is 11.3 Å². The van der Waals surface area contributed by atoms with Crippen LogP contribution in [0.15, 0.2) is 23.6 Å². The van der Waals surface area contributed by atoms with E-state index in [0.717, 1.165) is 10.6 Å². The van der Waals surface area contributed by atoms with Gasteiger partial charge in [-0.2, -0.15) is 0 Å². The Morgan fingerprint density at radius 3 is 2.90 bits per heavy atom. The van der Waals surface area contributed by atoms with E-state index in [1.807, 2.05) is 17.5 Å². The fourth-order valence-electron chi connectivity index (χ4n) is 1.67. The number of esters is 1. The molecule has 4 nitrogen and oxygen atoms in total. The lowest BCUT2D eigenvalue weighted by atomic mass is 10.2. The van der Waals surface area contributed by atoms with Crippen LogP contribution in [0.3, 0.4) is 0 Å². The van der Waals surface area contributed by atoms with Crippen LogP contribution in [0.2, 0.25) is 5.02 Å². The van der Waals surface area contributed by atoms with Crippen LogP contribution >= 0.6 is 22.9 Å². The first-order valence-corrected chi connectivity index (χ1v) is 7.33. The highest BCUT2D eigenvalue weighted by Gasteiger charge is 2.12. The Morgan fingerprint density at radius 2 is 2.25 bits per heavy atom. The molecule has 106 valence electrons. The largest absolute Gasteiger partial charge is 0.497 e. The Labute approximate surface area is 126 Å². The molecule has 1 aromatic carbocycles. The van der Waals surface area contributed by atoms with Crippen molar-refractivity contribution in [3.63, 3.8) is 0 Å². The van der Waals surface area contributed by atoms with Crippen molar-refractivity contribution in [3.05, 3.63) is 34.3 Å². The summed E-state index contributed by atoms with van der Waals surface area (Å²) in [4.78, 5) is 15.8. The lowest BCUT2D eigenvalue weighted by molar-refractivity contribution is -0.142. The molecular weight excluding hydrogens is 298 g/mol. The minimum Gasteiger partial charge on any atom is -0.497 e. The molecular formula is C14H14ClNO3S. The molecule has 2 rings (SSSR count). The van der Waals surface area contributed by atoms with Crippen LogP contribution in [0, 0.1) is 0 Å². The van der Waals surface area contributed by atoms with Gasteiger partial charge >= 0.3 is 5.97 Å². The molecule has 0 N–H and O–H groups in total. The number of benzene rings is 1. The SMILES string of the molecule is CCOC(=O)Cc1csc(-c2ccc(OC)cc2Cl)n1. The van der Waals surface area contributed by atoms with Crippen molar-refractivity contribution in [2.75, 3.05) is 13.7 Å². The molecule has 6 heteroatoms. The zero-order chi connectivity index (χ0) is 14.5. The highest BCUT2D eigenvalue weighted by Crippen LogP contribution is 2.33. The number of carbonyl (C=O) groups is 1. The molecule has 1 heterocycles. The summed E-state index contributed by atoms with van der Waals surface area (Å²) < 4.78 is 10.0. The first-order chi connectivity index (χ1) is 9.63. The fraction of sp³-hybridized carbons (Fsp3) is 0.286. The Balaban J connectivity index is 2.18. The number of ether oxygens (including phenoxy) is 2. The Hall–Kier alpha value is -1.59. The quantitative estimate of drug-likeness (QED) is 0.792. The standard InChI is InChI=1S/C14H14ClNO3S/c1-3-19-13(17)6-9-8-20-14(16-9)11-5-4-10(18-2)7-12(11)15/h4-5,7-8H,3,6H2,1-2H3. The van der Waals surface area contributed by atoms with Crippen LogP contribution in [0.25, 0.3) is 10.6 Å². The molecule has 0 saturated carbocycles. The zero-order valence-corrected chi connectivity index (χ0v) is 12.8. The normalized spacial score (nSPS) is 10.3. The summed E-state index contributed by atoms with van der Waals surface area (Å²) in [6.45, 7) is 2.15. The van der Waals surface area contributed by atoms with E-state index >= 15 is 0 Å². The van der Waals surface area contributed by atoms with Crippen molar-refractivity contribution >= 4 is 28.9 Å². The number of methoxy groups -OCH3 is 1. The van der Waals surface area contributed by atoms with E-state index in [-0.39, 0.29) is 12.4 Å². The molecule has 0 unspecified atom stereocenters. The van der Waals surface area contributed by atoms with Crippen LogP contribution in [0.1, 0.15) is 12.6 Å². The molecule has 0 fully saturated rings. The van der Waals surface area contributed by atoms with Gasteiger partial charge in [-0.25, -0.2) is 4.98 Å². The van der Waals surface area contributed by atoms with Gasteiger partial charge in [-0.1, -0.05) is 11.6 Å². The number of carbonyl (C=O) groups excluding carboxylic acids is 1. The van der Waals surface area contributed by atoms with Crippen molar-refractivity contribution in [1.29, 1.82) is 0 Å². The van der Waals surface area contributed by atoms with Crippen LogP contribution in [-0.4, -0.2) is 24.7 Å².